The number of carboxylic acid groups (broad SMARTS) is 1. The van der Waals surface area contributed by atoms with Gasteiger partial charge in [-0.05, 0) is 38.1 Å². The van der Waals surface area contributed by atoms with Gasteiger partial charge in [-0.2, -0.15) is 0 Å². The molecule has 0 amide bonds. The van der Waals surface area contributed by atoms with E-state index in [4.69, 9.17) is 5.11 Å². The average Bonchev–Trinajstić information content (AvgIpc) is 2.16. The van der Waals surface area contributed by atoms with Gasteiger partial charge in [-0.15, -0.1) is 0 Å². The fraction of sp³-hybridized carbons (Fsp3) is 0.769. The van der Waals surface area contributed by atoms with Gasteiger partial charge in [-0.25, -0.2) is 0 Å². The van der Waals surface area contributed by atoms with Crippen LogP contribution in [0.4, 0.5) is 0 Å². The Labute approximate surface area is 98.1 Å². The molecule has 1 saturated heterocycles. The average molecular weight is 225 g/mol. The Morgan fingerprint density at radius 3 is 2.88 bits per heavy atom. The van der Waals surface area contributed by atoms with Gasteiger partial charge in [0.1, 0.15) is 0 Å². The van der Waals surface area contributed by atoms with Crippen molar-refractivity contribution in [3.8, 4) is 0 Å². The van der Waals surface area contributed by atoms with Gasteiger partial charge in [0.15, 0.2) is 0 Å². The molecule has 3 nitrogen and oxygen atoms in total. The largest absolute Gasteiger partial charge is 0.481 e. The molecular formula is C13H23NO2. The SMILES string of the molecule is C=C(C)CN1CCCC(C(C)CC(=O)O)C1. The third kappa shape index (κ3) is 4.35. The Kier molecular flexibility index (Phi) is 5.00. The van der Waals surface area contributed by atoms with Crippen LogP contribution in [0.25, 0.3) is 0 Å². The van der Waals surface area contributed by atoms with E-state index in [1.807, 2.05) is 6.92 Å². The van der Waals surface area contributed by atoms with Crippen LogP contribution in [-0.2, 0) is 4.79 Å². The number of piperidine rings is 1. The van der Waals surface area contributed by atoms with Crippen LogP contribution in [0.15, 0.2) is 12.2 Å². The van der Waals surface area contributed by atoms with Crippen LogP contribution in [0.2, 0.25) is 0 Å². The minimum atomic E-state index is -0.676. The van der Waals surface area contributed by atoms with Crippen molar-refractivity contribution in [3.05, 3.63) is 12.2 Å². The van der Waals surface area contributed by atoms with Crippen molar-refractivity contribution < 1.29 is 9.90 Å². The Hall–Kier alpha value is -0.830. The first-order chi connectivity index (χ1) is 7.49. The van der Waals surface area contributed by atoms with Crippen molar-refractivity contribution in [2.24, 2.45) is 11.8 Å². The van der Waals surface area contributed by atoms with Gasteiger partial charge in [0.05, 0.1) is 0 Å². The lowest BCUT2D eigenvalue weighted by Gasteiger charge is -2.35. The van der Waals surface area contributed by atoms with Crippen LogP contribution < -0.4 is 0 Å². The van der Waals surface area contributed by atoms with E-state index in [0.717, 1.165) is 19.6 Å². The molecule has 3 heteroatoms. The molecule has 0 saturated carbocycles. The molecule has 2 unspecified atom stereocenters. The Balaban J connectivity index is 2.43. The van der Waals surface area contributed by atoms with E-state index in [0.29, 0.717) is 12.3 Å². The van der Waals surface area contributed by atoms with E-state index in [9.17, 15) is 4.79 Å². The molecule has 16 heavy (non-hydrogen) atoms. The zero-order valence-electron chi connectivity index (χ0n) is 10.4. The first-order valence-electron chi connectivity index (χ1n) is 6.07. The van der Waals surface area contributed by atoms with Crippen LogP contribution in [-0.4, -0.2) is 35.6 Å². The summed E-state index contributed by atoms with van der Waals surface area (Å²) in [5.41, 5.74) is 1.19. The zero-order chi connectivity index (χ0) is 12.1. The Morgan fingerprint density at radius 2 is 2.31 bits per heavy atom. The van der Waals surface area contributed by atoms with Gasteiger partial charge in [0, 0.05) is 19.5 Å². The van der Waals surface area contributed by atoms with Crippen molar-refractivity contribution in [2.75, 3.05) is 19.6 Å². The number of likely N-dealkylation sites (tertiary alicyclic amines) is 1. The molecule has 0 spiro atoms. The maximum atomic E-state index is 10.7. The molecule has 1 fully saturated rings. The topological polar surface area (TPSA) is 40.5 Å². The summed E-state index contributed by atoms with van der Waals surface area (Å²) in [5.74, 6) is 0.138. The quantitative estimate of drug-likeness (QED) is 0.730. The lowest BCUT2D eigenvalue weighted by atomic mass is 9.84. The van der Waals surface area contributed by atoms with E-state index in [1.165, 1.54) is 18.4 Å². The highest BCUT2D eigenvalue weighted by molar-refractivity contribution is 5.67. The molecule has 1 rings (SSSR count). The summed E-state index contributed by atoms with van der Waals surface area (Å²) in [4.78, 5) is 13.1. The van der Waals surface area contributed by atoms with E-state index < -0.39 is 5.97 Å². The summed E-state index contributed by atoms with van der Waals surface area (Å²) >= 11 is 0. The molecular weight excluding hydrogens is 202 g/mol. The summed E-state index contributed by atoms with van der Waals surface area (Å²) in [7, 11) is 0. The summed E-state index contributed by atoms with van der Waals surface area (Å²) < 4.78 is 0. The molecule has 0 radical (unpaired) electrons. The highest BCUT2D eigenvalue weighted by Crippen LogP contribution is 2.26. The molecule has 92 valence electrons. The second-order valence-electron chi connectivity index (χ2n) is 5.17. The van der Waals surface area contributed by atoms with Gasteiger partial charge in [-0.3, -0.25) is 9.69 Å². The van der Waals surface area contributed by atoms with Crippen molar-refractivity contribution in [3.63, 3.8) is 0 Å². The maximum absolute atomic E-state index is 10.7. The van der Waals surface area contributed by atoms with Gasteiger partial charge < -0.3 is 5.11 Å². The first-order valence-corrected chi connectivity index (χ1v) is 6.07. The third-order valence-electron chi connectivity index (χ3n) is 3.34. The number of carbonyl (C=O) groups is 1. The second-order valence-corrected chi connectivity index (χ2v) is 5.17. The van der Waals surface area contributed by atoms with E-state index in [1.54, 1.807) is 0 Å². The lowest BCUT2D eigenvalue weighted by molar-refractivity contribution is -0.138. The fourth-order valence-corrected chi connectivity index (χ4v) is 2.52. The summed E-state index contributed by atoms with van der Waals surface area (Å²) in [6, 6.07) is 0. The number of aliphatic carboxylic acids is 1. The summed E-state index contributed by atoms with van der Waals surface area (Å²) in [5, 5.41) is 8.80. The highest BCUT2D eigenvalue weighted by Gasteiger charge is 2.25. The lowest BCUT2D eigenvalue weighted by Crippen LogP contribution is -2.39. The normalized spacial score (nSPS) is 24.0. The molecule has 0 aromatic carbocycles. The minimum Gasteiger partial charge on any atom is -0.481 e. The monoisotopic (exact) mass is 225 g/mol. The van der Waals surface area contributed by atoms with Crippen LogP contribution in [0.3, 0.4) is 0 Å². The number of hydrogen-bond donors (Lipinski definition) is 1. The summed E-state index contributed by atoms with van der Waals surface area (Å²) in [6.45, 7) is 11.1. The number of nitrogens with zero attached hydrogens (tertiary/aromatic N) is 1. The van der Waals surface area contributed by atoms with Gasteiger partial charge in [-0.1, -0.05) is 19.1 Å². The molecule has 0 aliphatic carbocycles. The number of carboxylic acids is 1. The highest BCUT2D eigenvalue weighted by atomic mass is 16.4. The predicted octanol–water partition coefficient (Wildman–Crippen LogP) is 2.39. The van der Waals surface area contributed by atoms with E-state index in [-0.39, 0.29) is 5.92 Å². The molecule has 0 aromatic rings. The first kappa shape index (κ1) is 13.2. The Bertz CT molecular complexity index is 249. The van der Waals surface area contributed by atoms with Crippen LogP contribution in [0, 0.1) is 11.8 Å². The second kappa shape index (κ2) is 6.04. The predicted molar refractivity (Wildman–Crippen MR) is 65.4 cm³/mol. The van der Waals surface area contributed by atoms with Crippen molar-refractivity contribution in [1.29, 1.82) is 0 Å². The van der Waals surface area contributed by atoms with Crippen LogP contribution >= 0.6 is 0 Å². The third-order valence-corrected chi connectivity index (χ3v) is 3.34. The smallest absolute Gasteiger partial charge is 0.303 e. The van der Waals surface area contributed by atoms with Crippen LogP contribution in [0.5, 0.6) is 0 Å². The molecule has 0 bridgehead atoms. The van der Waals surface area contributed by atoms with Gasteiger partial charge >= 0.3 is 5.97 Å². The molecule has 1 N–H and O–H groups in total. The van der Waals surface area contributed by atoms with Crippen molar-refractivity contribution in [2.45, 2.75) is 33.1 Å². The number of rotatable bonds is 5. The number of hydrogen-bond acceptors (Lipinski definition) is 2. The molecule has 1 heterocycles. The van der Waals surface area contributed by atoms with Crippen LogP contribution in [0.1, 0.15) is 33.1 Å². The maximum Gasteiger partial charge on any atom is 0.303 e. The molecule has 1 aliphatic heterocycles. The van der Waals surface area contributed by atoms with Gasteiger partial charge in [0.2, 0.25) is 0 Å². The summed E-state index contributed by atoms with van der Waals surface area (Å²) in [6.07, 6.45) is 2.65. The molecule has 2 atom stereocenters. The van der Waals surface area contributed by atoms with Crippen molar-refractivity contribution in [1.82, 2.24) is 4.90 Å². The molecule has 1 aliphatic rings. The zero-order valence-corrected chi connectivity index (χ0v) is 10.4. The standard InChI is InChI=1S/C13H23NO2/c1-10(2)8-14-6-4-5-12(9-14)11(3)7-13(15)16/h11-12H,1,4-9H2,2-3H3,(H,15,16). The fourth-order valence-electron chi connectivity index (χ4n) is 2.52. The molecule has 0 aromatic heterocycles. The van der Waals surface area contributed by atoms with E-state index in [2.05, 4.69) is 18.4 Å². The van der Waals surface area contributed by atoms with Crippen molar-refractivity contribution >= 4 is 5.97 Å². The van der Waals surface area contributed by atoms with Gasteiger partial charge in [0.25, 0.3) is 0 Å². The minimum absolute atomic E-state index is 0.283. The Morgan fingerprint density at radius 1 is 1.62 bits per heavy atom. The van der Waals surface area contributed by atoms with E-state index >= 15 is 0 Å².